The largest absolute Gasteiger partial charge is 0.481 e. The summed E-state index contributed by atoms with van der Waals surface area (Å²) < 4.78 is 38.0. The Balaban J connectivity index is 1.38. The number of thioether (sulfide) groups is 1. The second-order valence-electron chi connectivity index (χ2n) is 7.33. The fourth-order valence-corrected chi connectivity index (χ4v) is 4.15. The molecule has 3 nitrogen and oxygen atoms in total. The maximum absolute atomic E-state index is 12.7. The molecule has 1 fully saturated rings. The quantitative estimate of drug-likeness (QED) is 0.476. The third kappa shape index (κ3) is 4.21. The number of benzene rings is 2. The number of aliphatic carboxylic acids is 1. The highest BCUT2D eigenvalue weighted by Gasteiger charge is 2.51. The Labute approximate surface area is 176 Å². The molecule has 0 atom stereocenters. The van der Waals surface area contributed by atoms with Crippen LogP contribution in [0.3, 0.4) is 0 Å². The van der Waals surface area contributed by atoms with Crippen LogP contribution in [0.2, 0.25) is 0 Å². The first-order chi connectivity index (χ1) is 14.3. The molecule has 3 aromatic rings. The highest BCUT2D eigenvalue weighted by atomic mass is 32.2. The molecule has 0 aliphatic heterocycles. The van der Waals surface area contributed by atoms with Gasteiger partial charge in [0.2, 0.25) is 0 Å². The molecule has 1 aliphatic carbocycles. The van der Waals surface area contributed by atoms with Crippen molar-refractivity contribution in [2.45, 2.75) is 35.1 Å². The highest BCUT2D eigenvalue weighted by Crippen LogP contribution is 2.48. The van der Waals surface area contributed by atoms with Gasteiger partial charge in [-0.25, -0.2) is 0 Å². The second-order valence-corrected chi connectivity index (χ2v) is 8.38. The first-order valence-electron chi connectivity index (χ1n) is 9.37. The van der Waals surface area contributed by atoms with Gasteiger partial charge in [0.1, 0.15) is 0 Å². The standard InChI is InChI=1S/C23H18F3NO2S/c24-23(25,26)18-7-10-20(27-13-18)16-3-1-15(2-4-16)14-30-19-8-5-17(6-9-19)22(11-12-22)21(28)29/h1-10,13H,11-12,14H2,(H,28,29). The summed E-state index contributed by atoms with van der Waals surface area (Å²) in [7, 11) is 0. The van der Waals surface area contributed by atoms with E-state index in [-0.39, 0.29) is 0 Å². The monoisotopic (exact) mass is 429 g/mol. The summed E-state index contributed by atoms with van der Waals surface area (Å²) >= 11 is 1.64. The third-order valence-corrected chi connectivity index (χ3v) is 6.40. The van der Waals surface area contributed by atoms with Gasteiger partial charge in [-0.15, -0.1) is 11.8 Å². The van der Waals surface area contributed by atoms with Gasteiger partial charge in [0.15, 0.2) is 0 Å². The highest BCUT2D eigenvalue weighted by molar-refractivity contribution is 7.98. The van der Waals surface area contributed by atoms with Crippen LogP contribution in [0.5, 0.6) is 0 Å². The maximum atomic E-state index is 12.7. The Morgan fingerprint density at radius 3 is 2.17 bits per heavy atom. The lowest BCUT2D eigenvalue weighted by Gasteiger charge is -2.11. The fourth-order valence-electron chi connectivity index (χ4n) is 3.29. The van der Waals surface area contributed by atoms with E-state index in [1.165, 1.54) is 6.07 Å². The number of carboxylic acid groups (broad SMARTS) is 1. The van der Waals surface area contributed by atoms with E-state index in [1.807, 2.05) is 48.5 Å². The van der Waals surface area contributed by atoms with Crippen molar-refractivity contribution in [2.24, 2.45) is 0 Å². The summed E-state index contributed by atoms with van der Waals surface area (Å²) in [5, 5.41) is 9.37. The third-order valence-electron chi connectivity index (χ3n) is 5.31. The van der Waals surface area contributed by atoms with E-state index in [0.717, 1.165) is 39.6 Å². The summed E-state index contributed by atoms with van der Waals surface area (Å²) in [4.78, 5) is 16.4. The lowest BCUT2D eigenvalue weighted by molar-refractivity contribution is -0.140. The zero-order chi connectivity index (χ0) is 21.4. The van der Waals surface area contributed by atoms with E-state index in [0.29, 0.717) is 18.5 Å². The van der Waals surface area contributed by atoms with Crippen LogP contribution < -0.4 is 0 Å². The van der Waals surface area contributed by atoms with Crippen molar-refractivity contribution < 1.29 is 23.1 Å². The zero-order valence-corrected chi connectivity index (χ0v) is 16.6. The Kier molecular flexibility index (Phi) is 5.32. The van der Waals surface area contributed by atoms with Crippen LogP contribution in [0.1, 0.15) is 29.5 Å². The summed E-state index contributed by atoms with van der Waals surface area (Å²) in [5.41, 5.74) is 1.72. The Hall–Kier alpha value is -2.80. The molecule has 1 aliphatic rings. The van der Waals surface area contributed by atoms with Gasteiger partial charge >= 0.3 is 12.1 Å². The maximum Gasteiger partial charge on any atom is 0.417 e. The normalized spacial score (nSPS) is 15.0. The molecular weight excluding hydrogens is 411 g/mol. The molecule has 2 aromatic carbocycles. The van der Waals surface area contributed by atoms with Crippen molar-refractivity contribution in [3.63, 3.8) is 0 Å². The van der Waals surface area contributed by atoms with Gasteiger partial charge < -0.3 is 5.11 Å². The Morgan fingerprint density at radius 1 is 1.00 bits per heavy atom. The molecule has 7 heteroatoms. The number of nitrogens with zero attached hydrogens (tertiary/aromatic N) is 1. The van der Waals surface area contributed by atoms with Gasteiger partial charge in [0, 0.05) is 22.4 Å². The first kappa shape index (κ1) is 20.5. The topological polar surface area (TPSA) is 50.2 Å². The number of pyridine rings is 1. The molecule has 1 saturated carbocycles. The van der Waals surface area contributed by atoms with E-state index in [1.54, 1.807) is 11.8 Å². The van der Waals surface area contributed by atoms with Crippen LogP contribution in [0, 0.1) is 0 Å². The molecular formula is C23H18F3NO2S. The molecule has 1 heterocycles. The first-order valence-corrected chi connectivity index (χ1v) is 10.4. The molecule has 30 heavy (non-hydrogen) atoms. The minimum absolute atomic E-state index is 0.491. The SMILES string of the molecule is O=C(O)C1(c2ccc(SCc3ccc(-c4ccc(C(F)(F)F)cn4)cc3)cc2)CC1. The van der Waals surface area contributed by atoms with Crippen molar-refractivity contribution >= 4 is 17.7 Å². The van der Waals surface area contributed by atoms with E-state index in [9.17, 15) is 23.1 Å². The number of halogens is 3. The number of rotatable bonds is 6. The van der Waals surface area contributed by atoms with Crippen LogP contribution in [0.15, 0.2) is 71.8 Å². The average Bonchev–Trinajstić information content (AvgIpc) is 3.55. The summed E-state index contributed by atoms with van der Waals surface area (Å²) in [5.74, 6) is -0.0324. The van der Waals surface area contributed by atoms with Crippen LogP contribution >= 0.6 is 11.8 Å². The zero-order valence-electron chi connectivity index (χ0n) is 15.8. The molecule has 4 rings (SSSR count). The molecule has 1 N–H and O–H groups in total. The van der Waals surface area contributed by atoms with E-state index in [4.69, 9.17) is 0 Å². The lowest BCUT2D eigenvalue weighted by Crippen LogP contribution is -2.19. The van der Waals surface area contributed by atoms with Crippen molar-refractivity contribution in [3.05, 3.63) is 83.6 Å². The number of carboxylic acids is 1. The minimum Gasteiger partial charge on any atom is -0.481 e. The van der Waals surface area contributed by atoms with Gasteiger partial charge in [-0.1, -0.05) is 36.4 Å². The summed E-state index contributed by atoms with van der Waals surface area (Å²) in [6, 6.07) is 17.6. The van der Waals surface area contributed by atoms with Crippen molar-refractivity contribution in [1.82, 2.24) is 4.98 Å². The number of hydrogen-bond donors (Lipinski definition) is 1. The van der Waals surface area contributed by atoms with Crippen molar-refractivity contribution in [2.75, 3.05) is 0 Å². The molecule has 0 saturated heterocycles. The van der Waals surface area contributed by atoms with Crippen molar-refractivity contribution in [3.8, 4) is 11.3 Å². The van der Waals surface area contributed by atoms with Crippen LogP contribution in [-0.4, -0.2) is 16.1 Å². The van der Waals surface area contributed by atoms with E-state index < -0.39 is 23.1 Å². The number of alkyl halides is 3. The number of carbonyl (C=O) groups is 1. The van der Waals surface area contributed by atoms with Gasteiger partial charge in [-0.05, 0) is 48.2 Å². The lowest BCUT2D eigenvalue weighted by atomic mass is 9.96. The fraction of sp³-hybridized carbons (Fsp3) is 0.217. The van der Waals surface area contributed by atoms with Crippen LogP contribution in [-0.2, 0) is 22.1 Å². The molecule has 0 unspecified atom stereocenters. The van der Waals surface area contributed by atoms with Crippen molar-refractivity contribution in [1.29, 1.82) is 0 Å². The smallest absolute Gasteiger partial charge is 0.417 e. The molecule has 0 bridgehead atoms. The van der Waals surface area contributed by atoms with Gasteiger partial charge in [-0.3, -0.25) is 9.78 Å². The number of hydrogen-bond acceptors (Lipinski definition) is 3. The minimum atomic E-state index is -4.39. The van der Waals surface area contributed by atoms with Crippen LogP contribution in [0.25, 0.3) is 11.3 Å². The second kappa shape index (κ2) is 7.80. The predicted octanol–water partition coefficient (Wildman–Crippen LogP) is 6.18. The molecule has 0 radical (unpaired) electrons. The molecule has 154 valence electrons. The number of aromatic nitrogens is 1. The predicted molar refractivity (Wildman–Crippen MR) is 109 cm³/mol. The summed E-state index contributed by atoms with van der Waals surface area (Å²) in [6.45, 7) is 0. The Morgan fingerprint density at radius 2 is 1.67 bits per heavy atom. The van der Waals surface area contributed by atoms with Crippen LogP contribution in [0.4, 0.5) is 13.2 Å². The summed E-state index contributed by atoms with van der Waals surface area (Å²) in [6.07, 6.45) is -2.17. The van der Waals surface area contributed by atoms with Gasteiger partial charge in [0.25, 0.3) is 0 Å². The van der Waals surface area contributed by atoms with Gasteiger partial charge in [-0.2, -0.15) is 13.2 Å². The van der Waals surface area contributed by atoms with E-state index in [2.05, 4.69) is 4.98 Å². The van der Waals surface area contributed by atoms with E-state index >= 15 is 0 Å². The Bertz CT molecular complexity index is 1040. The molecule has 1 aromatic heterocycles. The molecule has 0 amide bonds. The van der Waals surface area contributed by atoms with Gasteiger partial charge in [0.05, 0.1) is 16.7 Å². The average molecular weight is 429 g/mol. The molecule has 0 spiro atoms.